The van der Waals surface area contributed by atoms with Crippen molar-refractivity contribution in [1.29, 1.82) is 0 Å². The van der Waals surface area contributed by atoms with Crippen LogP contribution in [0.15, 0.2) is 65.8 Å². The van der Waals surface area contributed by atoms with Gasteiger partial charge < -0.3 is 0 Å². The molecule has 2 heteroatoms. The van der Waals surface area contributed by atoms with Crippen molar-refractivity contribution in [3.8, 4) is 0 Å². The van der Waals surface area contributed by atoms with E-state index >= 15 is 0 Å². The highest BCUT2D eigenvalue weighted by atomic mass is 15.3. The van der Waals surface area contributed by atoms with Crippen LogP contribution in [0.1, 0.15) is 37.2 Å². The first kappa shape index (κ1) is 12.9. The maximum atomic E-state index is 4.55. The molecule has 0 radical (unpaired) electrons. The van der Waals surface area contributed by atoms with Crippen LogP contribution in [-0.4, -0.2) is 5.71 Å². The summed E-state index contributed by atoms with van der Waals surface area (Å²) in [6.45, 7) is 0. The molecule has 0 aliphatic heterocycles. The molecule has 0 amide bonds. The maximum Gasteiger partial charge on any atom is 0.0561 e. The first-order chi connectivity index (χ1) is 9.92. The molecule has 20 heavy (non-hydrogen) atoms. The molecule has 1 N–H and O–H groups in total. The highest BCUT2D eigenvalue weighted by Gasteiger charge is 2.18. The number of hydrogen-bond acceptors (Lipinski definition) is 2. The van der Waals surface area contributed by atoms with E-state index in [1.165, 1.54) is 24.1 Å². The van der Waals surface area contributed by atoms with Gasteiger partial charge in [-0.05, 0) is 49.3 Å². The molecule has 0 heterocycles. The summed E-state index contributed by atoms with van der Waals surface area (Å²) in [7, 11) is 0. The Morgan fingerprint density at radius 2 is 1.40 bits per heavy atom. The van der Waals surface area contributed by atoms with Gasteiger partial charge in [0.2, 0.25) is 0 Å². The van der Waals surface area contributed by atoms with Crippen LogP contribution < -0.4 is 5.43 Å². The lowest BCUT2D eigenvalue weighted by Gasteiger charge is -2.23. The van der Waals surface area contributed by atoms with E-state index in [0.717, 1.165) is 18.5 Å². The van der Waals surface area contributed by atoms with Gasteiger partial charge in [-0.25, -0.2) is 0 Å². The van der Waals surface area contributed by atoms with E-state index in [0.29, 0.717) is 5.92 Å². The van der Waals surface area contributed by atoms with Gasteiger partial charge in [0.25, 0.3) is 0 Å². The number of hydrazone groups is 1. The minimum atomic E-state index is 0.701. The van der Waals surface area contributed by atoms with Gasteiger partial charge in [0.05, 0.1) is 5.69 Å². The zero-order valence-electron chi connectivity index (χ0n) is 11.6. The minimum Gasteiger partial charge on any atom is -0.279 e. The van der Waals surface area contributed by atoms with Gasteiger partial charge in [0.15, 0.2) is 0 Å². The Balaban J connectivity index is 1.56. The number of nitrogens with zero attached hydrogens (tertiary/aromatic N) is 1. The number of rotatable bonds is 3. The molecular weight excluding hydrogens is 244 g/mol. The standard InChI is InChI=1S/C18H20N2/c1-3-7-15(8-4-1)16-11-13-18(14-12-16)20-19-17-9-5-2-6-10-17/h1-10,16,19H,11-14H2. The van der Waals surface area contributed by atoms with E-state index in [2.05, 4.69) is 40.9 Å². The summed E-state index contributed by atoms with van der Waals surface area (Å²) < 4.78 is 0. The van der Waals surface area contributed by atoms with Crippen molar-refractivity contribution in [3.63, 3.8) is 0 Å². The largest absolute Gasteiger partial charge is 0.279 e. The molecule has 2 aromatic rings. The SMILES string of the molecule is c1ccc(NN=C2CCC(c3ccccc3)CC2)cc1. The molecule has 0 saturated heterocycles. The van der Waals surface area contributed by atoms with Gasteiger partial charge in [-0.2, -0.15) is 5.10 Å². The van der Waals surface area contributed by atoms with E-state index in [4.69, 9.17) is 0 Å². The maximum absolute atomic E-state index is 4.55. The van der Waals surface area contributed by atoms with Crippen LogP contribution in [0, 0.1) is 0 Å². The van der Waals surface area contributed by atoms with Crippen molar-refractivity contribution in [2.24, 2.45) is 5.10 Å². The van der Waals surface area contributed by atoms with Crippen molar-refractivity contribution >= 4 is 11.4 Å². The van der Waals surface area contributed by atoms with Crippen LogP contribution in [0.25, 0.3) is 0 Å². The van der Waals surface area contributed by atoms with Crippen molar-refractivity contribution in [3.05, 3.63) is 66.2 Å². The van der Waals surface area contributed by atoms with E-state index in [1.807, 2.05) is 30.3 Å². The summed E-state index contributed by atoms with van der Waals surface area (Å²) in [5.41, 5.74) is 6.98. The number of nitrogens with one attached hydrogen (secondary N) is 1. The third kappa shape index (κ3) is 3.27. The van der Waals surface area contributed by atoms with Gasteiger partial charge in [-0.3, -0.25) is 5.43 Å². The van der Waals surface area contributed by atoms with Crippen LogP contribution in [0.2, 0.25) is 0 Å². The van der Waals surface area contributed by atoms with Gasteiger partial charge in [0.1, 0.15) is 0 Å². The third-order valence-electron chi connectivity index (χ3n) is 3.95. The first-order valence-electron chi connectivity index (χ1n) is 7.33. The summed E-state index contributed by atoms with van der Waals surface area (Å²) in [6.07, 6.45) is 4.61. The zero-order valence-corrected chi connectivity index (χ0v) is 11.6. The minimum absolute atomic E-state index is 0.701. The van der Waals surface area contributed by atoms with Crippen molar-refractivity contribution < 1.29 is 0 Å². The average Bonchev–Trinajstić information content (AvgIpc) is 2.55. The molecule has 0 bridgehead atoms. The molecule has 0 spiro atoms. The Hall–Kier alpha value is -2.09. The molecule has 2 aromatic carbocycles. The highest BCUT2D eigenvalue weighted by molar-refractivity contribution is 5.86. The molecule has 1 saturated carbocycles. The van der Waals surface area contributed by atoms with Crippen LogP contribution in [0.5, 0.6) is 0 Å². The van der Waals surface area contributed by atoms with E-state index < -0.39 is 0 Å². The van der Waals surface area contributed by atoms with E-state index in [1.54, 1.807) is 0 Å². The smallest absolute Gasteiger partial charge is 0.0561 e. The summed E-state index contributed by atoms with van der Waals surface area (Å²) in [5.74, 6) is 0.701. The zero-order chi connectivity index (χ0) is 13.6. The molecular formula is C18H20N2. The predicted octanol–water partition coefficient (Wildman–Crippen LogP) is 4.81. The quantitative estimate of drug-likeness (QED) is 0.790. The second kappa shape index (κ2) is 6.38. The normalized spacial score (nSPS) is 18.6. The van der Waals surface area contributed by atoms with Crippen LogP contribution in [0.4, 0.5) is 5.69 Å². The van der Waals surface area contributed by atoms with Gasteiger partial charge in [0, 0.05) is 5.71 Å². The van der Waals surface area contributed by atoms with Crippen molar-refractivity contribution in [2.45, 2.75) is 31.6 Å². The Morgan fingerprint density at radius 3 is 2.05 bits per heavy atom. The number of benzene rings is 2. The predicted molar refractivity (Wildman–Crippen MR) is 85.2 cm³/mol. The van der Waals surface area contributed by atoms with E-state index in [-0.39, 0.29) is 0 Å². The Kier molecular flexibility index (Phi) is 4.12. The van der Waals surface area contributed by atoms with Crippen LogP contribution in [-0.2, 0) is 0 Å². The summed E-state index contributed by atoms with van der Waals surface area (Å²) in [5, 5.41) is 4.55. The molecule has 0 unspecified atom stereocenters. The molecule has 0 atom stereocenters. The topological polar surface area (TPSA) is 24.4 Å². The fourth-order valence-corrected chi connectivity index (χ4v) is 2.78. The van der Waals surface area contributed by atoms with Gasteiger partial charge in [-0.1, -0.05) is 48.5 Å². The Bertz CT molecular complexity index is 550. The Morgan fingerprint density at radius 1 is 0.800 bits per heavy atom. The van der Waals surface area contributed by atoms with Crippen molar-refractivity contribution in [2.75, 3.05) is 5.43 Å². The number of anilines is 1. The molecule has 1 aliphatic carbocycles. The average molecular weight is 264 g/mol. The molecule has 3 rings (SSSR count). The van der Waals surface area contributed by atoms with Gasteiger partial charge >= 0.3 is 0 Å². The Labute approximate surface area is 120 Å². The lowest BCUT2D eigenvalue weighted by atomic mass is 9.83. The second-order valence-corrected chi connectivity index (χ2v) is 5.34. The van der Waals surface area contributed by atoms with Crippen LogP contribution >= 0.6 is 0 Å². The second-order valence-electron chi connectivity index (χ2n) is 5.34. The fourth-order valence-electron chi connectivity index (χ4n) is 2.78. The van der Waals surface area contributed by atoms with Crippen molar-refractivity contribution in [1.82, 2.24) is 0 Å². The number of para-hydroxylation sites is 1. The summed E-state index contributed by atoms with van der Waals surface area (Å²) in [4.78, 5) is 0. The molecule has 102 valence electrons. The van der Waals surface area contributed by atoms with Gasteiger partial charge in [-0.15, -0.1) is 0 Å². The highest BCUT2D eigenvalue weighted by Crippen LogP contribution is 2.31. The number of hydrogen-bond donors (Lipinski definition) is 1. The molecule has 2 nitrogen and oxygen atoms in total. The lowest BCUT2D eigenvalue weighted by Crippen LogP contribution is -2.14. The molecule has 1 fully saturated rings. The lowest BCUT2D eigenvalue weighted by molar-refractivity contribution is 0.566. The summed E-state index contributed by atoms with van der Waals surface area (Å²) >= 11 is 0. The molecule has 1 aliphatic rings. The van der Waals surface area contributed by atoms with Crippen LogP contribution in [0.3, 0.4) is 0 Å². The fraction of sp³-hybridized carbons (Fsp3) is 0.278. The third-order valence-corrected chi connectivity index (χ3v) is 3.95. The first-order valence-corrected chi connectivity index (χ1v) is 7.33. The van der Waals surface area contributed by atoms with E-state index in [9.17, 15) is 0 Å². The summed E-state index contributed by atoms with van der Waals surface area (Å²) in [6, 6.07) is 21.0. The monoisotopic (exact) mass is 264 g/mol. The molecule has 0 aromatic heterocycles.